The molecule has 16 heavy (non-hydrogen) atoms. The molecule has 1 N–H and O–H groups in total. The Morgan fingerprint density at radius 2 is 2.19 bits per heavy atom. The van der Waals surface area contributed by atoms with Gasteiger partial charge in [0.15, 0.2) is 0 Å². The molecular formula is C13H17ClFN. The number of halogens is 2. The van der Waals surface area contributed by atoms with E-state index in [0.29, 0.717) is 17.0 Å². The lowest BCUT2D eigenvalue weighted by molar-refractivity contribution is 0.443. The van der Waals surface area contributed by atoms with Crippen molar-refractivity contribution in [3.05, 3.63) is 34.6 Å². The first kappa shape index (κ1) is 11.9. The molecule has 88 valence electrons. The summed E-state index contributed by atoms with van der Waals surface area (Å²) in [6.45, 7) is 3.89. The Bertz CT molecular complexity index is 374. The second-order valence-corrected chi connectivity index (χ2v) is 5.10. The Balaban J connectivity index is 1.87. The maximum absolute atomic E-state index is 13.0. The number of rotatable bonds is 5. The molecule has 1 saturated carbocycles. The molecule has 0 heterocycles. The van der Waals surface area contributed by atoms with E-state index in [1.807, 2.05) is 0 Å². The standard InChI is InChI=1S/C13H17ClFN/c1-2-13(5-6-13)9-16-8-10-7-11(15)3-4-12(10)14/h3-4,7,16H,2,5-6,8-9H2,1H3. The van der Waals surface area contributed by atoms with Crippen molar-refractivity contribution < 1.29 is 4.39 Å². The smallest absolute Gasteiger partial charge is 0.123 e. The molecule has 0 bridgehead atoms. The Labute approximate surface area is 101 Å². The highest BCUT2D eigenvalue weighted by Crippen LogP contribution is 2.47. The minimum Gasteiger partial charge on any atom is -0.312 e. The van der Waals surface area contributed by atoms with Crippen molar-refractivity contribution in [2.24, 2.45) is 5.41 Å². The molecule has 0 aromatic heterocycles. The molecule has 0 unspecified atom stereocenters. The first-order chi connectivity index (χ1) is 7.65. The molecule has 0 saturated heterocycles. The predicted octanol–water partition coefficient (Wildman–Crippen LogP) is 3.76. The minimum absolute atomic E-state index is 0.224. The highest BCUT2D eigenvalue weighted by atomic mass is 35.5. The lowest BCUT2D eigenvalue weighted by atomic mass is 10.0. The highest BCUT2D eigenvalue weighted by molar-refractivity contribution is 6.31. The summed E-state index contributed by atoms with van der Waals surface area (Å²) in [6.07, 6.45) is 3.84. The summed E-state index contributed by atoms with van der Waals surface area (Å²) in [5.74, 6) is -0.224. The SMILES string of the molecule is CCC1(CNCc2cc(F)ccc2Cl)CC1. The third-order valence-electron chi connectivity index (χ3n) is 3.53. The van der Waals surface area contributed by atoms with Gasteiger partial charge in [-0.05, 0) is 48.4 Å². The first-order valence-electron chi connectivity index (χ1n) is 5.80. The van der Waals surface area contributed by atoms with E-state index in [2.05, 4.69) is 12.2 Å². The van der Waals surface area contributed by atoms with Gasteiger partial charge in [-0.2, -0.15) is 0 Å². The van der Waals surface area contributed by atoms with Crippen LogP contribution in [0, 0.1) is 11.2 Å². The molecule has 0 aliphatic heterocycles. The van der Waals surface area contributed by atoms with E-state index in [1.165, 1.54) is 31.4 Å². The van der Waals surface area contributed by atoms with Gasteiger partial charge < -0.3 is 5.32 Å². The van der Waals surface area contributed by atoms with E-state index in [-0.39, 0.29) is 5.82 Å². The summed E-state index contributed by atoms with van der Waals surface area (Å²) >= 11 is 5.99. The molecule has 3 heteroatoms. The lowest BCUT2D eigenvalue weighted by Crippen LogP contribution is -2.23. The van der Waals surface area contributed by atoms with Gasteiger partial charge in [-0.3, -0.25) is 0 Å². The maximum atomic E-state index is 13.0. The van der Waals surface area contributed by atoms with E-state index in [9.17, 15) is 4.39 Å². The van der Waals surface area contributed by atoms with Gasteiger partial charge >= 0.3 is 0 Å². The van der Waals surface area contributed by atoms with Gasteiger partial charge in [0.1, 0.15) is 5.82 Å². The quantitative estimate of drug-likeness (QED) is 0.828. The Hall–Kier alpha value is -0.600. The second-order valence-electron chi connectivity index (χ2n) is 4.69. The Kier molecular flexibility index (Phi) is 3.50. The van der Waals surface area contributed by atoms with Crippen LogP contribution in [-0.4, -0.2) is 6.54 Å². The van der Waals surface area contributed by atoms with Crippen LogP contribution in [0.15, 0.2) is 18.2 Å². The van der Waals surface area contributed by atoms with E-state index in [1.54, 1.807) is 6.07 Å². The fourth-order valence-electron chi connectivity index (χ4n) is 1.97. The van der Waals surface area contributed by atoms with Crippen molar-refractivity contribution >= 4 is 11.6 Å². The zero-order chi connectivity index (χ0) is 11.6. The molecule has 1 aromatic carbocycles. The fourth-order valence-corrected chi connectivity index (χ4v) is 2.16. The average Bonchev–Trinajstić information content (AvgIpc) is 3.04. The molecule has 1 fully saturated rings. The van der Waals surface area contributed by atoms with Crippen LogP contribution in [-0.2, 0) is 6.54 Å². The maximum Gasteiger partial charge on any atom is 0.123 e. The van der Waals surface area contributed by atoms with Crippen molar-refractivity contribution in [2.45, 2.75) is 32.7 Å². The molecule has 1 nitrogen and oxygen atoms in total. The predicted molar refractivity (Wildman–Crippen MR) is 65.1 cm³/mol. The molecular weight excluding hydrogens is 225 g/mol. The van der Waals surface area contributed by atoms with Crippen LogP contribution in [0.2, 0.25) is 5.02 Å². The van der Waals surface area contributed by atoms with Crippen LogP contribution >= 0.6 is 11.6 Å². The van der Waals surface area contributed by atoms with Crippen LogP contribution in [0.5, 0.6) is 0 Å². The number of nitrogens with one attached hydrogen (secondary N) is 1. The van der Waals surface area contributed by atoms with Crippen molar-refractivity contribution in [3.63, 3.8) is 0 Å². The van der Waals surface area contributed by atoms with E-state index < -0.39 is 0 Å². The molecule has 0 spiro atoms. The van der Waals surface area contributed by atoms with Crippen LogP contribution in [0.25, 0.3) is 0 Å². The minimum atomic E-state index is -0.224. The van der Waals surface area contributed by atoms with E-state index >= 15 is 0 Å². The third kappa shape index (κ3) is 2.74. The monoisotopic (exact) mass is 241 g/mol. The number of hydrogen-bond acceptors (Lipinski definition) is 1. The van der Waals surface area contributed by atoms with Crippen LogP contribution in [0.3, 0.4) is 0 Å². The lowest BCUT2D eigenvalue weighted by Gasteiger charge is -2.13. The molecule has 1 aromatic rings. The van der Waals surface area contributed by atoms with Crippen molar-refractivity contribution in [1.29, 1.82) is 0 Å². The summed E-state index contributed by atoms with van der Waals surface area (Å²) in [6, 6.07) is 4.50. The Morgan fingerprint density at radius 3 is 2.81 bits per heavy atom. The van der Waals surface area contributed by atoms with Gasteiger partial charge in [0.2, 0.25) is 0 Å². The number of hydrogen-bond donors (Lipinski definition) is 1. The summed E-state index contributed by atoms with van der Waals surface area (Å²) in [7, 11) is 0. The van der Waals surface area contributed by atoms with Crippen LogP contribution < -0.4 is 5.32 Å². The summed E-state index contributed by atoms with van der Waals surface area (Å²) in [5.41, 5.74) is 1.35. The average molecular weight is 242 g/mol. The van der Waals surface area contributed by atoms with Crippen LogP contribution in [0.1, 0.15) is 31.7 Å². The van der Waals surface area contributed by atoms with Gasteiger partial charge in [-0.15, -0.1) is 0 Å². The molecule has 0 radical (unpaired) electrons. The zero-order valence-electron chi connectivity index (χ0n) is 9.52. The molecule has 1 aliphatic rings. The van der Waals surface area contributed by atoms with Gasteiger partial charge in [-0.25, -0.2) is 4.39 Å². The van der Waals surface area contributed by atoms with Gasteiger partial charge in [0.25, 0.3) is 0 Å². The van der Waals surface area contributed by atoms with Crippen molar-refractivity contribution in [2.75, 3.05) is 6.54 Å². The summed E-state index contributed by atoms with van der Waals surface area (Å²) in [5, 5.41) is 4.01. The summed E-state index contributed by atoms with van der Waals surface area (Å²) < 4.78 is 13.0. The van der Waals surface area contributed by atoms with E-state index in [4.69, 9.17) is 11.6 Å². The van der Waals surface area contributed by atoms with Gasteiger partial charge in [-0.1, -0.05) is 18.5 Å². The second kappa shape index (κ2) is 4.72. The molecule has 2 rings (SSSR count). The Morgan fingerprint density at radius 1 is 1.44 bits per heavy atom. The molecule has 0 amide bonds. The van der Waals surface area contributed by atoms with Crippen molar-refractivity contribution in [3.8, 4) is 0 Å². The van der Waals surface area contributed by atoms with Gasteiger partial charge in [0, 0.05) is 18.1 Å². The topological polar surface area (TPSA) is 12.0 Å². The summed E-state index contributed by atoms with van der Waals surface area (Å²) in [4.78, 5) is 0. The highest BCUT2D eigenvalue weighted by Gasteiger charge is 2.39. The third-order valence-corrected chi connectivity index (χ3v) is 3.90. The number of benzene rings is 1. The zero-order valence-corrected chi connectivity index (χ0v) is 10.3. The van der Waals surface area contributed by atoms with Gasteiger partial charge in [0.05, 0.1) is 0 Å². The molecule has 0 atom stereocenters. The van der Waals surface area contributed by atoms with Crippen molar-refractivity contribution in [1.82, 2.24) is 5.32 Å². The van der Waals surface area contributed by atoms with Crippen LogP contribution in [0.4, 0.5) is 4.39 Å². The molecule has 1 aliphatic carbocycles. The normalized spacial score (nSPS) is 17.4. The largest absolute Gasteiger partial charge is 0.312 e. The fraction of sp³-hybridized carbons (Fsp3) is 0.538. The first-order valence-corrected chi connectivity index (χ1v) is 6.18. The van der Waals surface area contributed by atoms with E-state index in [0.717, 1.165) is 12.1 Å².